The van der Waals surface area contributed by atoms with Crippen LogP contribution in [0.5, 0.6) is 5.75 Å². The Balaban J connectivity index is 1.91. The van der Waals surface area contributed by atoms with E-state index in [1.54, 1.807) is 12.1 Å². The van der Waals surface area contributed by atoms with E-state index in [2.05, 4.69) is 0 Å². The van der Waals surface area contributed by atoms with Crippen molar-refractivity contribution in [1.82, 2.24) is 0 Å². The quantitative estimate of drug-likeness (QED) is 0.675. The summed E-state index contributed by atoms with van der Waals surface area (Å²) in [5, 5.41) is 0.358. The fraction of sp³-hybridized carbons (Fsp3) is 0.0526. The fourth-order valence-electron chi connectivity index (χ4n) is 2.31. The Kier molecular flexibility index (Phi) is 4.97. The van der Waals surface area contributed by atoms with Crippen LogP contribution >= 0.6 is 11.6 Å². The minimum atomic E-state index is -3.70. The Morgan fingerprint density at radius 1 is 0.880 bits per heavy atom. The van der Waals surface area contributed by atoms with Crippen LogP contribution in [0.25, 0.3) is 0 Å². The summed E-state index contributed by atoms with van der Waals surface area (Å²) in [6.45, 7) is 0.297. The highest BCUT2D eigenvalue weighted by Crippen LogP contribution is 2.30. The molecule has 0 aliphatic carbocycles. The van der Waals surface area contributed by atoms with E-state index >= 15 is 0 Å². The van der Waals surface area contributed by atoms with Gasteiger partial charge in [0.2, 0.25) is 9.84 Å². The molecule has 2 N–H and O–H groups in total. The van der Waals surface area contributed by atoms with Crippen LogP contribution in [0.1, 0.15) is 5.56 Å². The maximum absolute atomic E-state index is 12.8. The van der Waals surface area contributed by atoms with Crippen LogP contribution in [0.15, 0.2) is 82.6 Å². The maximum atomic E-state index is 12.8. The zero-order valence-electron chi connectivity index (χ0n) is 13.2. The molecule has 0 spiro atoms. The van der Waals surface area contributed by atoms with Crippen molar-refractivity contribution in [1.29, 1.82) is 0 Å². The molecule has 0 amide bonds. The third-order valence-corrected chi connectivity index (χ3v) is 5.62. The number of nitrogens with two attached hydrogens (primary N) is 1. The van der Waals surface area contributed by atoms with Crippen LogP contribution in [0.4, 0.5) is 5.69 Å². The molecule has 0 bridgehead atoms. The molecule has 0 aromatic heterocycles. The highest BCUT2D eigenvalue weighted by molar-refractivity contribution is 7.91. The van der Waals surface area contributed by atoms with Crippen molar-refractivity contribution < 1.29 is 13.2 Å². The van der Waals surface area contributed by atoms with Crippen LogP contribution in [0.3, 0.4) is 0 Å². The Hall–Kier alpha value is -2.50. The highest BCUT2D eigenvalue weighted by atomic mass is 35.5. The second-order valence-corrected chi connectivity index (χ2v) is 7.82. The van der Waals surface area contributed by atoms with Gasteiger partial charge in [-0.25, -0.2) is 8.42 Å². The lowest BCUT2D eigenvalue weighted by atomic mass is 10.2. The molecule has 6 heteroatoms. The second-order valence-electron chi connectivity index (χ2n) is 5.43. The monoisotopic (exact) mass is 373 g/mol. The van der Waals surface area contributed by atoms with Crippen molar-refractivity contribution in [2.75, 3.05) is 5.73 Å². The number of hydrogen-bond donors (Lipinski definition) is 1. The van der Waals surface area contributed by atoms with Crippen LogP contribution in [-0.4, -0.2) is 8.42 Å². The van der Waals surface area contributed by atoms with Gasteiger partial charge in [-0.15, -0.1) is 0 Å². The minimum absolute atomic E-state index is 0.104. The van der Waals surface area contributed by atoms with Gasteiger partial charge in [-0.1, -0.05) is 48.0 Å². The third-order valence-electron chi connectivity index (χ3n) is 3.64. The fourth-order valence-corrected chi connectivity index (χ4v) is 3.89. The molecule has 0 fully saturated rings. The number of benzene rings is 3. The predicted molar refractivity (Wildman–Crippen MR) is 98.5 cm³/mol. The summed E-state index contributed by atoms with van der Waals surface area (Å²) < 4.78 is 31.2. The van der Waals surface area contributed by atoms with E-state index < -0.39 is 9.84 Å². The highest BCUT2D eigenvalue weighted by Gasteiger charge is 2.19. The van der Waals surface area contributed by atoms with E-state index in [0.29, 0.717) is 23.1 Å². The van der Waals surface area contributed by atoms with Crippen LogP contribution in [0.2, 0.25) is 5.02 Å². The van der Waals surface area contributed by atoms with Gasteiger partial charge >= 0.3 is 0 Å². The zero-order chi connectivity index (χ0) is 17.9. The molecule has 3 rings (SSSR count). The number of rotatable bonds is 5. The van der Waals surface area contributed by atoms with Crippen molar-refractivity contribution in [2.45, 2.75) is 16.4 Å². The van der Waals surface area contributed by atoms with Gasteiger partial charge in [-0.2, -0.15) is 0 Å². The average molecular weight is 374 g/mol. The topological polar surface area (TPSA) is 69.4 Å². The Bertz CT molecular complexity index is 989. The number of halogens is 1. The molecule has 0 unspecified atom stereocenters. The summed E-state index contributed by atoms with van der Waals surface area (Å²) in [6, 6.07) is 20.1. The van der Waals surface area contributed by atoms with Crippen molar-refractivity contribution in [3.05, 3.63) is 83.4 Å². The molecule has 0 saturated heterocycles. The molecule has 0 aliphatic heterocycles. The van der Waals surface area contributed by atoms with E-state index in [1.807, 2.05) is 30.3 Å². The molecule has 0 atom stereocenters. The first kappa shape index (κ1) is 17.3. The number of anilines is 1. The first-order valence-corrected chi connectivity index (χ1v) is 9.40. The Labute approximate surface area is 151 Å². The van der Waals surface area contributed by atoms with Gasteiger partial charge < -0.3 is 10.5 Å². The molecule has 128 valence electrons. The largest absolute Gasteiger partial charge is 0.487 e. The molecule has 0 saturated carbocycles. The number of hydrogen-bond acceptors (Lipinski definition) is 4. The molecule has 0 aliphatic rings. The van der Waals surface area contributed by atoms with Crippen LogP contribution in [-0.2, 0) is 16.4 Å². The summed E-state index contributed by atoms with van der Waals surface area (Å²) in [6.07, 6.45) is 0. The zero-order valence-corrected chi connectivity index (χ0v) is 14.8. The first-order valence-electron chi connectivity index (χ1n) is 7.54. The number of ether oxygens (including phenoxy) is 1. The van der Waals surface area contributed by atoms with Crippen LogP contribution in [0, 0.1) is 0 Å². The molecular weight excluding hydrogens is 358 g/mol. The summed E-state index contributed by atoms with van der Waals surface area (Å²) in [7, 11) is -3.70. The number of nitrogen functional groups attached to an aromatic ring is 1. The van der Waals surface area contributed by atoms with E-state index in [-0.39, 0.29) is 9.79 Å². The Morgan fingerprint density at radius 2 is 1.60 bits per heavy atom. The van der Waals surface area contributed by atoms with Gasteiger partial charge in [-0.05, 0) is 35.9 Å². The van der Waals surface area contributed by atoms with E-state index in [9.17, 15) is 8.42 Å². The molecule has 3 aromatic rings. The molecule has 3 aromatic carbocycles. The standard InChI is InChI=1S/C19H16ClNO3S/c20-15-7-4-8-16(11-15)25(22,23)17-9-10-18(21)19(12-17)24-13-14-5-2-1-3-6-14/h1-12H,13,21H2. The third kappa shape index (κ3) is 3.95. The van der Waals surface area contributed by atoms with Crippen molar-refractivity contribution in [3.8, 4) is 5.75 Å². The van der Waals surface area contributed by atoms with Crippen LogP contribution < -0.4 is 10.5 Å². The molecule has 4 nitrogen and oxygen atoms in total. The summed E-state index contributed by atoms with van der Waals surface area (Å²) >= 11 is 5.90. The molecule has 25 heavy (non-hydrogen) atoms. The van der Waals surface area contributed by atoms with Gasteiger partial charge in [0.05, 0.1) is 15.5 Å². The summed E-state index contributed by atoms with van der Waals surface area (Å²) in [5.74, 6) is 0.326. The second kappa shape index (κ2) is 7.17. The number of sulfone groups is 1. The molecule has 0 radical (unpaired) electrons. The van der Waals surface area contributed by atoms with E-state index in [4.69, 9.17) is 22.1 Å². The van der Waals surface area contributed by atoms with E-state index in [0.717, 1.165) is 5.56 Å². The van der Waals surface area contributed by atoms with Gasteiger partial charge in [-0.3, -0.25) is 0 Å². The van der Waals surface area contributed by atoms with Gasteiger partial charge in [0, 0.05) is 11.1 Å². The summed E-state index contributed by atoms with van der Waals surface area (Å²) in [5.41, 5.74) is 7.26. The smallest absolute Gasteiger partial charge is 0.206 e. The lowest BCUT2D eigenvalue weighted by Crippen LogP contribution is -2.04. The van der Waals surface area contributed by atoms with Gasteiger partial charge in [0.1, 0.15) is 12.4 Å². The lowest BCUT2D eigenvalue weighted by molar-refractivity contribution is 0.307. The average Bonchev–Trinajstić information content (AvgIpc) is 2.62. The Morgan fingerprint density at radius 3 is 2.32 bits per heavy atom. The lowest BCUT2D eigenvalue weighted by Gasteiger charge is -2.11. The maximum Gasteiger partial charge on any atom is 0.206 e. The first-order chi connectivity index (χ1) is 12.0. The molecular formula is C19H16ClNO3S. The molecule has 0 heterocycles. The van der Waals surface area contributed by atoms with E-state index in [1.165, 1.54) is 30.3 Å². The van der Waals surface area contributed by atoms with Crippen molar-refractivity contribution in [3.63, 3.8) is 0 Å². The van der Waals surface area contributed by atoms with Crippen molar-refractivity contribution >= 4 is 27.1 Å². The van der Waals surface area contributed by atoms with Gasteiger partial charge in [0.25, 0.3) is 0 Å². The normalized spacial score (nSPS) is 11.2. The predicted octanol–water partition coefficient (Wildman–Crippen LogP) is 4.33. The van der Waals surface area contributed by atoms with Gasteiger partial charge in [0.15, 0.2) is 0 Å². The van der Waals surface area contributed by atoms with Crippen molar-refractivity contribution in [2.24, 2.45) is 0 Å². The SMILES string of the molecule is Nc1ccc(S(=O)(=O)c2cccc(Cl)c2)cc1OCc1ccccc1. The summed E-state index contributed by atoms with van der Waals surface area (Å²) in [4.78, 5) is 0.228. The minimum Gasteiger partial charge on any atom is -0.487 e.